The molecule has 1 N–H and O–H groups in total. The molecular weight excluding hydrogens is 368 g/mol. The quantitative estimate of drug-likeness (QED) is 0.697. The molecule has 3 aromatic rings. The summed E-state index contributed by atoms with van der Waals surface area (Å²) in [7, 11) is 3.11. The minimum atomic E-state index is -0.404. The molecule has 1 unspecified atom stereocenters. The van der Waals surface area contributed by atoms with Gasteiger partial charge in [0.25, 0.3) is 11.8 Å². The van der Waals surface area contributed by atoms with Crippen LogP contribution in [0.4, 0.5) is 0 Å². The fourth-order valence-electron chi connectivity index (χ4n) is 4.54. The number of rotatable bonds is 4. The average molecular weight is 388 g/mol. The molecule has 0 aliphatic carbocycles. The number of nitrogens with zero attached hydrogens (tertiary/aromatic N) is 1. The Bertz CT molecular complexity index is 1200. The van der Waals surface area contributed by atoms with Crippen LogP contribution in [0, 0.1) is 0 Å². The number of hydrogen-bond acceptors (Lipinski definition) is 4. The summed E-state index contributed by atoms with van der Waals surface area (Å²) in [6.07, 6.45) is 3.59. The van der Waals surface area contributed by atoms with Crippen molar-refractivity contribution in [3.8, 4) is 11.5 Å². The molecule has 0 radical (unpaired) electrons. The van der Waals surface area contributed by atoms with E-state index in [2.05, 4.69) is 34.1 Å². The van der Waals surface area contributed by atoms with Crippen molar-refractivity contribution >= 4 is 28.3 Å². The number of nitrogens with one attached hydrogen (secondary N) is 1. The number of methoxy groups -OCH3 is 2. The number of ether oxygens (including phenoxy) is 2. The minimum Gasteiger partial charge on any atom is -0.497 e. The Labute approximate surface area is 167 Å². The van der Waals surface area contributed by atoms with E-state index in [0.29, 0.717) is 28.2 Å². The van der Waals surface area contributed by atoms with Crippen molar-refractivity contribution in [2.24, 2.45) is 0 Å². The Morgan fingerprint density at radius 2 is 1.90 bits per heavy atom. The second-order valence-corrected chi connectivity index (χ2v) is 7.27. The van der Waals surface area contributed by atoms with Gasteiger partial charge >= 0.3 is 0 Å². The summed E-state index contributed by atoms with van der Waals surface area (Å²) in [5, 5.41) is 3.63. The van der Waals surface area contributed by atoms with Crippen LogP contribution in [0.15, 0.2) is 54.2 Å². The lowest BCUT2D eigenvalue weighted by Crippen LogP contribution is -2.26. The SMILES string of the molecule is COc1ccc(OC)c(C2=C(C3CCc4cccc5ccn3c45)C(=O)NC2=O)c1. The lowest BCUT2D eigenvalue weighted by molar-refractivity contribution is -0.123. The number of carbonyl (C=O) groups is 2. The van der Waals surface area contributed by atoms with Gasteiger partial charge in [0.15, 0.2) is 0 Å². The largest absolute Gasteiger partial charge is 0.497 e. The molecule has 3 heterocycles. The van der Waals surface area contributed by atoms with E-state index in [1.54, 1.807) is 32.4 Å². The van der Waals surface area contributed by atoms with Crippen LogP contribution in [0.3, 0.4) is 0 Å². The molecule has 146 valence electrons. The third kappa shape index (κ3) is 2.56. The summed E-state index contributed by atoms with van der Waals surface area (Å²) < 4.78 is 12.9. The van der Waals surface area contributed by atoms with Gasteiger partial charge in [0.2, 0.25) is 0 Å². The fraction of sp³-hybridized carbons (Fsp3) is 0.217. The van der Waals surface area contributed by atoms with Gasteiger partial charge in [-0.2, -0.15) is 0 Å². The van der Waals surface area contributed by atoms with Gasteiger partial charge in [-0.25, -0.2) is 0 Å². The van der Waals surface area contributed by atoms with Gasteiger partial charge in [-0.3, -0.25) is 14.9 Å². The summed E-state index contributed by atoms with van der Waals surface area (Å²) in [4.78, 5) is 25.7. The maximum absolute atomic E-state index is 12.9. The molecule has 2 aromatic carbocycles. The number of aromatic nitrogens is 1. The molecule has 1 atom stereocenters. The Balaban J connectivity index is 1.75. The van der Waals surface area contributed by atoms with Gasteiger partial charge in [-0.15, -0.1) is 0 Å². The Hall–Kier alpha value is -3.54. The van der Waals surface area contributed by atoms with Crippen molar-refractivity contribution in [2.75, 3.05) is 14.2 Å². The summed E-state index contributed by atoms with van der Waals surface area (Å²) in [6.45, 7) is 0. The molecule has 2 aliphatic heterocycles. The van der Waals surface area contributed by atoms with Gasteiger partial charge in [0, 0.05) is 11.8 Å². The number of aryl methyl sites for hydroxylation is 1. The van der Waals surface area contributed by atoms with Crippen LogP contribution in [-0.2, 0) is 16.0 Å². The molecular formula is C23H20N2O4. The molecule has 0 saturated carbocycles. The van der Waals surface area contributed by atoms with Crippen molar-refractivity contribution in [3.05, 3.63) is 65.4 Å². The van der Waals surface area contributed by atoms with E-state index in [-0.39, 0.29) is 11.9 Å². The molecule has 2 amide bonds. The van der Waals surface area contributed by atoms with Crippen molar-refractivity contribution < 1.29 is 19.1 Å². The fourth-order valence-corrected chi connectivity index (χ4v) is 4.54. The van der Waals surface area contributed by atoms with E-state index >= 15 is 0 Å². The predicted octanol–water partition coefficient (Wildman–Crippen LogP) is 3.26. The second kappa shape index (κ2) is 6.51. The standard InChI is InChI=1S/C23H20N2O4/c1-28-15-7-9-18(29-2)16(12-15)19-20(23(27)24-22(19)26)17-8-6-13-4-3-5-14-10-11-25(17)21(13)14/h3-5,7,9-12,17H,6,8H2,1-2H3,(H,24,26,27). The van der Waals surface area contributed by atoms with Crippen LogP contribution in [-0.4, -0.2) is 30.6 Å². The highest BCUT2D eigenvalue weighted by molar-refractivity contribution is 6.36. The summed E-state index contributed by atoms with van der Waals surface area (Å²) in [5.41, 5.74) is 3.79. The first-order valence-electron chi connectivity index (χ1n) is 9.53. The topological polar surface area (TPSA) is 69.6 Å². The number of benzene rings is 2. The predicted molar refractivity (Wildman–Crippen MR) is 109 cm³/mol. The van der Waals surface area contributed by atoms with E-state index in [9.17, 15) is 9.59 Å². The molecule has 6 heteroatoms. The van der Waals surface area contributed by atoms with Crippen LogP contribution in [0.25, 0.3) is 16.5 Å². The summed E-state index contributed by atoms with van der Waals surface area (Å²) in [5.74, 6) is 0.370. The summed E-state index contributed by atoms with van der Waals surface area (Å²) in [6, 6.07) is 13.3. The maximum atomic E-state index is 12.9. The van der Waals surface area contributed by atoms with Gasteiger partial charge in [0.05, 0.1) is 36.9 Å². The first kappa shape index (κ1) is 17.6. The third-order valence-electron chi connectivity index (χ3n) is 5.82. The van der Waals surface area contributed by atoms with E-state index in [1.807, 2.05) is 6.20 Å². The van der Waals surface area contributed by atoms with Gasteiger partial charge in [0.1, 0.15) is 11.5 Å². The van der Waals surface area contributed by atoms with Gasteiger partial charge in [-0.05, 0) is 48.1 Å². The zero-order chi connectivity index (χ0) is 20.1. The highest BCUT2D eigenvalue weighted by atomic mass is 16.5. The normalized spacial score (nSPS) is 18.3. The first-order chi connectivity index (χ1) is 14.1. The molecule has 0 saturated heterocycles. The van der Waals surface area contributed by atoms with E-state index in [1.165, 1.54) is 5.56 Å². The molecule has 6 nitrogen and oxygen atoms in total. The second-order valence-electron chi connectivity index (χ2n) is 7.27. The zero-order valence-corrected chi connectivity index (χ0v) is 16.2. The highest BCUT2D eigenvalue weighted by Gasteiger charge is 2.39. The molecule has 0 fully saturated rings. The first-order valence-corrected chi connectivity index (χ1v) is 9.53. The van der Waals surface area contributed by atoms with Crippen molar-refractivity contribution in [2.45, 2.75) is 18.9 Å². The molecule has 2 aliphatic rings. The van der Waals surface area contributed by atoms with Crippen LogP contribution in [0.5, 0.6) is 11.5 Å². The maximum Gasteiger partial charge on any atom is 0.259 e. The lowest BCUT2D eigenvalue weighted by Gasteiger charge is -2.27. The number of amides is 2. The summed E-state index contributed by atoms with van der Waals surface area (Å²) >= 11 is 0. The average Bonchev–Trinajstić information content (AvgIpc) is 3.30. The molecule has 5 rings (SSSR count). The minimum absolute atomic E-state index is 0.222. The Kier molecular flexibility index (Phi) is 3.94. The van der Waals surface area contributed by atoms with Gasteiger partial charge < -0.3 is 14.0 Å². The van der Waals surface area contributed by atoms with E-state index in [0.717, 1.165) is 23.7 Å². The smallest absolute Gasteiger partial charge is 0.259 e. The molecule has 29 heavy (non-hydrogen) atoms. The van der Waals surface area contributed by atoms with Crippen molar-refractivity contribution in [1.82, 2.24) is 9.88 Å². The zero-order valence-electron chi connectivity index (χ0n) is 16.2. The van der Waals surface area contributed by atoms with Crippen LogP contribution in [0.1, 0.15) is 23.6 Å². The monoisotopic (exact) mass is 388 g/mol. The number of carbonyl (C=O) groups excluding carboxylic acids is 2. The van der Waals surface area contributed by atoms with E-state index in [4.69, 9.17) is 9.47 Å². The Morgan fingerprint density at radius 1 is 1.03 bits per heavy atom. The van der Waals surface area contributed by atoms with Crippen LogP contribution < -0.4 is 14.8 Å². The lowest BCUT2D eigenvalue weighted by atomic mass is 9.89. The molecule has 0 bridgehead atoms. The number of para-hydroxylation sites is 1. The van der Waals surface area contributed by atoms with Crippen molar-refractivity contribution in [3.63, 3.8) is 0 Å². The van der Waals surface area contributed by atoms with Crippen molar-refractivity contribution in [1.29, 1.82) is 0 Å². The molecule has 0 spiro atoms. The Morgan fingerprint density at radius 3 is 2.69 bits per heavy atom. The number of hydrogen-bond donors (Lipinski definition) is 1. The van der Waals surface area contributed by atoms with Gasteiger partial charge in [-0.1, -0.05) is 18.2 Å². The van der Waals surface area contributed by atoms with Crippen LogP contribution >= 0.6 is 0 Å². The molecule has 1 aromatic heterocycles. The van der Waals surface area contributed by atoms with Crippen LogP contribution in [0.2, 0.25) is 0 Å². The number of imide groups is 1. The highest BCUT2D eigenvalue weighted by Crippen LogP contribution is 2.42. The van der Waals surface area contributed by atoms with E-state index < -0.39 is 5.91 Å². The third-order valence-corrected chi connectivity index (χ3v) is 5.82.